The van der Waals surface area contributed by atoms with Gasteiger partial charge in [0.1, 0.15) is 0 Å². The first kappa shape index (κ1) is 16.2. The van der Waals surface area contributed by atoms with Crippen molar-refractivity contribution in [2.75, 3.05) is 0 Å². The van der Waals surface area contributed by atoms with Crippen LogP contribution in [-0.2, 0) is 12.0 Å². The van der Waals surface area contributed by atoms with Gasteiger partial charge in [0.15, 0.2) is 5.82 Å². The number of nitrogens with zero attached hydrogens (tertiary/aromatic N) is 2. The van der Waals surface area contributed by atoms with E-state index in [4.69, 9.17) is 16.1 Å². The molecule has 0 spiro atoms. The predicted molar refractivity (Wildman–Crippen MR) is 84.8 cm³/mol. The molecule has 1 amide bonds. The van der Waals surface area contributed by atoms with E-state index >= 15 is 0 Å². The van der Waals surface area contributed by atoms with Crippen molar-refractivity contribution in [1.29, 1.82) is 0 Å². The van der Waals surface area contributed by atoms with Crippen LogP contribution < -0.4 is 5.32 Å². The summed E-state index contributed by atoms with van der Waals surface area (Å²) in [4.78, 5) is 16.6. The first-order chi connectivity index (χ1) is 10.4. The molecule has 0 unspecified atom stereocenters. The van der Waals surface area contributed by atoms with Crippen LogP contribution in [0.3, 0.4) is 0 Å². The molecule has 0 aliphatic heterocycles. The van der Waals surface area contributed by atoms with Crippen LogP contribution in [0.1, 0.15) is 42.3 Å². The fraction of sp³-hybridized carbons (Fsp3) is 0.312. The Morgan fingerprint density at radius 2 is 2.27 bits per heavy atom. The fourth-order valence-corrected chi connectivity index (χ4v) is 2.07. The maximum absolute atomic E-state index is 12.3. The van der Waals surface area contributed by atoms with Gasteiger partial charge in [-0.2, -0.15) is 4.98 Å². The van der Waals surface area contributed by atoms with Crippen LogP contribution in [0.25, 0.3) is 0 Å². The summed E-state index contributed by atoms with van der Waals surface area (Å²) in [5.41, 5.74) is -0.272. The van der Waals surface area contributed by atoms with Crippen molar-refractivity contribution < 1.29 is 9.32 Å². The molecule has 0 saturated heterocycles. The summed E-state index contributed by atoms with van der Waals surface area (Å²) >= 11 is 5.90. The summed E-state index contributed by atoms with van der Waals surface area (Å²) in [6.45, 7) is 7.29. The average molecular weight is 320 g/mol. The van der Waals surface area contributed by atoms with Crippen molar-refractivity contribution in [2.24, 2.45) is 0 Å². The van der Waals surface area contributed by atoms with Crippen molar-refractivity contribution in [2.45, 2.75) is 32.2 Å². The van der Waals surface area contributed by atoms with E-state index in [0.717, 1.165) is 6.42 Å². The number of hydrogen-bond donors (Lipinski definition) is 1. The van der Waals surface area contributed by atoms with E-state index in [1.807, 2.05) is 13.8 Å². The van der Waals surface area contributed by atoms with Gasteiger partial charge in [0.05, 0.1) is 5.54 Å². The average Bonchev–Trinajstić information content (AvgIpc) is 2.94. The minimum Gasteiger partial charge on any atom is -0.340 e. The lowest BCUT2D eigenvalue weighted by Crippen LogP contribution is -2.41. The van der Waals surface area contributed by atoms with Crippen molar-refractivity contribution in [3.8, 4) is 0 Å². The highest BCUT2D eigenvalue weighted by Crippen LogP contribution is 2.19. The van der Waals surface area contributed by atoms with Crippen molar-refractivity contribution in [1.82, 2.24) is 15.5 Å². The van der Waals surface area contributed by atoms with Crippen LogP contribution in [0.4, 0.5) is 0 Å². The zero-order valence-electron chi connectivity index (χ0n) is 12.6. The highest BCUT2D eigenvalue weighted by Gasteiger charge is 2.29. The maximum atomic E-state index is 12.3. The Labute approximate surface area is 134 Å². The molecule has 0 radical (unpaired) electrons. The Balaban J connectivity index is 2.11. The summed E-state index contributed by atoms with van der Waals surface area (Å²) in [5.74, 6) is 0.715. The second-order valence-corrected chi connectivity index (χ2v) is 5.86. The molecular formula is C16H18ClN3O2. The molecule has 2 aromatic rings. The van der Waals surface area contributed by atoms with Gasteiger partial charge in [-0.05, 0) is 38.5 Å². The third-order valence-corrected chi connectivity index (χ3v) is 3.34. The molecule has 1 N–H and O–H groups in total. The molecule has 0 bridgehead atoms. The van der Waals surface area contributed by atoms with Gasteiger partial charge in [0.2, 0.25) is 5.89 Å². The van der Waals surface area contributed by atoms with Crippen LogP contribution in [0.5, 0.6) is 0 Å². The third-order valence-electron chi connectivity index (χ3n) is 3.10. The van der Waals surface area contributed by atoms with Crippen LogP contribution in [-0.4, -0.2) is 16.0 Å². The monoisotopic (exact) mass is 319 g/mol. The lowest BCUT2D eigenvalue weighted by molar-refractivity contribution is 0.0907. The molecule has 1 aromatic heterocycles. The summed E-state index contributed by atoms with van der Waals surface area (Å²) in [6.07, 6.45) is 3.18. The van der Waals surface area contributed by atoms with Crippen molar-refractivity contribution in [3.63, 3.8) is 0 Å². The topological polar surface area (TPSA) is 68.0 Å². The minimum absolute atomic E-state index is 0.245. The van der Waals surface area contributed by atoms with Crippen molar-refractivity contribution in [3.05, 3.63) is 59.2 Å². The van der Waals surface area contributed by atoms with E-state index in [1.54, 1.807) is 30.3 Å². The molecule has 1 heterocycles. The third kappa shape index (κ3) is 3.95. The Morgan fingerprint density at radius 1 is 1.50 bits per heavy atom. The van der Waals surface area contributed by atoms with Gasteiger partial charge in [-0.15, -0.1) is 6.58 Å². The van der Waals surface area contributed by atoms with E-state index in [9.17, 15) is 4.79 Å². The summed E-state index contributed by atoms with van der Waals surface area (Å²) < 4.78 is 5.18. The number of carbonyl (C=O) groups is 1. The lowest BCUT2D eigenvalue weighted by atomic mass is 10.0. The summed E-state index contributed by atoms with van der Waals surface area (Å²) in [6, 6.07) is 6.75. The Morgan fingerprint density at radius 3 is 2.95 bits per heavy atom. The highest BCUT2D eigenvalue weighted by atomic mass is 35.5. The number of aryl methyl sites for hydroxylation is 1. The second-order valence-electron chi connectivity index (χ2n) is 5.43. The number of carbonyl (C=O) groups excluding carboxylic acids is 1. The van der Waals surface area contributed by atoms with Crippen molar-refractivity contribution >= 4 is 17.5 Å². The molecule has 0 fully saturated rings. The lowest BCUT2D eigenvalue weighted by Gasteiger charge is -2.22. The van der Waals surface area contributed by atoms with E-state index in [2.05, 4.69) is 22.0 Å². The standard InChI is InChI=1S/C16H18ClN3O2/c1-4-5-9-13-18-15(20-22-13)16(2,3)19-14(21)11-7-6-8-12(17)10-11/h4,6-8,10H,1,5,9H2,2-3H3,(H,19,21). The molecule has 0 aliphatic carbocycles. The number of amides is 1. The molecular weight excluding hydrogens is 302 g/mol. The van der Waals surface area contributed by atoms with Crippen LogP contribution >= 0.6 is 11.6 Å². The van der Waals surface area contributed by atoms with Gasteiger partial charge in [0, 0.05) is 17.0 Å². The number of hydrogen-bond acceptors (Lipinski definition) is 4. The second kappa shape index (κ2) is 6.75. The smallest absolute Gasteiger partial charge is 0.252 e. The van der Waals surface area contributed by atoms with E-state index in [1.165, 1.54) is 0 Å². The van der Waals surface area contributed by atoms with Gasteiger partial charge in [0.25, 0.3) is 5.91 Å². The Bertz CT molecular complexity index is 680. The van der Waals surface area contributed by atoms with Crippen LogP contribution in [0.15, 0.2) is 41.4 Å². The number of rotatable bonds is 6. The van der Waals surface area contributed by atoms with E-state index < -0.39 is 5.54 Å². The van der Waals surface area contributed by atoms with Crippen LogP contribution in [0, 0.1) is 0 Å². The van der Waals surface area contributed by atoms with Gasteiger partial charge >= 0.3 is 0 Å². The van der Waals surface area contributed by atoms with Crippen LogP contribution in [0.2, 0.25) is 5.02 Å². The number of benzene rings is 1. The molecule has 6 heteroatoms. The van der Waals surface area contributed by atoms with Gasteiger partial charge in [-0.3, -0.25) is 4.79 Å². The van der Waals surface area contributed by atoms with E-state index in [0.29, 0.717) is 28.7 Å². The molecule has 22 heavy (non-hydrogen) atoms. The number of nitrogens with one attached hydrogen (secondary N) is 1. The SMILES string of the molecule is C=CCCc1nc(C(C)(C)NC(=O)c2cccc(Cl)c2)no1. The van der Waals surface area contributed by atoms with Gasteiger partial charge < -0.3 is 9.84 Å². The molecule has 2 rings (SSSR count). The predicted octanol–water partition coefficient (Wildman–Crippen LogP) is 3.51. The number of halogens is 1. The number of aromatic nitrogens is 2. The molecule has 0 aliphatic rings. The highest BCUT2D eigenvalue weighted by molar-refractivity contribution is 6.30. The molecule has 5 nitrogen and oxygen atoms in total. The van der Waals surface area contributed by atoms with E-state index in [-0.39, 0.29) is 5.91 Å². The fourth-order valence-electron chi connectivity index (χ4n) is 1.88. The first-order valence-corrected chi connectivity index (χ1v) is 7.32. The largest absolute Gasteiger partial charge is 0.340 e. The Hall–Kier alpha value is -2.14. The summed E-state index contributed by atoms with van der Waals surface area (Å²) in [5, 5.41) is 7.34. The maximum Gasteiger partial charge on any atom is 0.252 e. The summed E-state index contributed by atoms with van der Waals surface area (Å²) in [7, 11) is 0. The molecule has 1 aromatic carbocycles. The normalized spacial score (nSPS) is 11.2. The first-order valence-electron chi connectivity index (χ1n) is 6.94. The Kier molecular flexibility index (Phi) is 4.98. The zero-order chi connectivity index (χ0) is 16.2. The molecule has 0 saturated carbocycles. The quantitative estimate of drug-likeness (QED) is 0.827. The molecule has 0 atom stereocenters. The molecule has 116 valence electrons. The minimum atomic E-state index is -0.755. The van der Waals surface area contributed by atoms with Gasteiger partial charge in [-0.1, -0.05) is 28.9 Å². The number of allylic oxidation sites excluding steroid dienone is 1. The van der Waals surface area contributed by atoms with Gasteiger partial charge in [-0.25, -0.2) is 0 Å². The zero-order valence-corrected chi connectivity index (χ0v) is 13.4.